The largest absolute Gasteiger partial charge is 0.342 e. The lowest BCUT2D eigenvalue weighted by atomic mass is 10.2. The van der Waals surface area contributed by atoms with Gasteiger partial charge in [-0.25, -0.2) is 0 Å². The second kappa shape index (κ2) is 7.55. The normalized spacial score (nSPS) is 16.4. The van der Waals surface area contributed by atoms with E-state index in [-0.39, 0.29) is 5.91 Å². The van der Waals surface area contributed by atoms with Crippen molar-refractivity contribution in [2.75, 3.05) is 33.2 Å². The molecule has 0 bridgehead atoms. The first-order valence-electron chi connectivity index (χ1n) is 8.51. The zero-order chi connectivity index (χ0) is 16.1. The summed E-state index contributed by atoms with van der Waals surface area (Å²) in [6.07, 6.45) is 9.83. The maximum Gasteiger partial charge on any atom is 0.253 e. The molecule has 0 spiro atoms. The number of pyridine rings is 1. The lowest BCUT2D eigenvalue weighted by molar-refractivity contribution is 0.0788. The molecule has 2 aromatic rings. The van der Waals surface area contributed by atoms with Gasteiger partial charge in [-0.2, -0.15) is 0 Å². The van der Waals surface area contributed by atoms with E-state index in [4.69, 9.17) is 0 Å². The molecule has 0 unspecified atom stereocenters. The van der Waals surface area contributed by atoms with Crippen molar-refractivity contribution in [1.82, 2.24) is 24.4 Å². The number of amides is 1. The highest BCUT2D eigenvalue weighted by molar-refractivity contribution is 5.94. The Morgan fingerprint density at radius 1 is 1.26 bits per heavy atom. The van der Waals surface area contributed by atoms with Crippen LogP contribution in [0.5, 0.6) is 0 Å². The van der Waals surface area contributed by atoms with Crippen LogP contribution in [0.25, 0.3) is 5.65 Å². The highest BCUT2D eigenvalue weighted by atomic mass is 16.2. The Bertz CT molecular complexity index is 645. The van der Waals surface area contributed by atoms with Gasteiger partial charge in [-0.3, -0.25) is 9.20 Å². The van der Waals surface area contributed by atoms with Crippen molar-refractivity contribution in [2.24, 2.45) is 0 Å². The number of carbonyl (C=O) groups excluding carboxylic acids is 1. The van der Waals surface area contributed by atoms with Gasteiger partial charge in [-0.15, -0.1) is 10.2 Å². The fourth-order valence-electron chi connectivity index (χ4n) is 3.16. The smallest absolute Gasteiger partial charge is 0.253 e. The second-order valence-electron chi connectivity index (χ2n) is 6.35. The zero-order valence-electron chi connectivity index (χ0n) is 13.8. The van der Waals surface area contributed by atoms with Crippen LogP contribution in [0.3, 0.4) is 0 Å². The molecule has 6 heteroatoms. The van der Waals surface area contributed by atoms with Crippen LogP contribution < -0.4 is 0 Å². The van der Waals surface area contributed by atoms with E-state index in [1.165, 1.54) is 38.8 Å². The Hall–Kier alpha value is -1.95. The third-order valence-corrected chi connectivity index (χ3v) is 4.56. The van der Waals surface area contributed by atoms with Crippen LogP contribution in [0, 0.1) is 0 Å². The predicted molar refractivity (Wildman–Crippen MR) is 89.5 cm³/mol. The molecular weight excluding hydrogens is 290 g/mol. The molecule has 3 rings (SSSR count). The summed E-state index contributed by atoms with van der Waals surface area (Å²) < 4.78 is 1.80. The van der Waals surface area contributed by atoms with Crippen LogP contribution in [0.1, 0.15) is 42.5 Å². The standard InChI is InChI=1S/C17H25N5O/c1-20(8-6-11-21-9-4-2-3-5-10-21)17(23)15-7-12-22-14-18-19-16(22)13-15/h7,12-14H,2-6,8-11H2,1H3. The first-order valence-corrected chi connectivity index (χ1v) is 8.51. The average Bonchev–Trinajstić information content (AvgIpc) is 2.88. The van der Waals surface area contributed by atoms with Crippen molar-refractivity contribution >= 4 is 11.6 Å². The van der Waals surface area contributed by atoms with Gasteiger partial charge in [0.1, 0.15) is 6.33 Å². The molecule has 0 N–H and O–H groups in total. The van der Waals surface area contributed by atoms with Gasteiger partial charge in [0.2, 0.25) is 0 Å². The van der Waals surface area contributed by atoms with Gasteiger partial charge < -0.3 is 9.80 Å². The highest BCUT2D eigenvalue weighted by Gasteiger charge is 2.14. The summed E-state index contributed by atoms with van der Waals surface area (Å²) in [6, 6.07) is 3.62. The summed E-state index contributed by atoms with van der Waals surface area (Å²) in [6.45, 7) is 4.29. The van der Waals surface area contributed by atoms with Crippen LogP contribution in [0.15, 0.2) is 24.7 Å². The Morgan fingerprint density at radius 3 is 2.83 bits per heavy atom. The summed E-state index contributed by atoms with van der Waals surface area (Å²) >= 11 is 0. The number of nitrogens with zero attached hydrogens (tertiary/aromatic N) is 5. The molecule has 1 aliphatic rings. The minimum Gasteiger partial charge on any atom is -0.342 e. The molecule has 1 amide bonds. The summed E-state index contributed by atoms with van der Waals surface area (Å²) in [5.74, 6) is 0.0476. The molecule has 23 heavy (non-hydrogen) atoms. The third kappa shape index (κ3) is 4.07. The summed E-state index contributed by atoms with van der Waals surface area (Å²) in [7, 11) is 1.87. The number of aromatic nitrogens is 3. The van der Waals surface area contributed by atoms with Crippen molar-refractivity contribution in [1.29, 1.82) is 0 Å². The first kappa shape index (κ1) is 15.9. The summed E-state index contributed by atoms with van der Waals surface area (Å²) in [4.78, 5) is 16.8. The van der Waals surface area contributed by atoms with E-state index in [0.717, 1.165) is 19.5 Å². The van der Waals surface area contributed by atoms with E-state index < -0.39 is 0 Å². The van der Waals surface area contributed by atoms with Crippen LogP contribution in [0.2, 0.25) is 0 Å². The molecule has 2 aromatic heterocycles. The van der Waals surface area contributed by atoms with E-state index in [1.807, 2.05) is 19.3 Å². The lowest BCUT2D eigenvalue weighted by Gasteiger charge is -2.22. The molecule has 1 saturated heterocycles. The molecule has 0 atom stereocenters. The van der Waals surface area contributed by atoms with Crippen LogP contribution in [-0.4, -0.2) is 63.5 Å². The van der Waals surface area contributed by atoms with Gasteiger partial charge in [0.25, 0.3) is 5.91 Å². The Kier molecular flexibility index (Phi) is 5.23. The molecule has 6 nitrogen and oxygen atoms in total. The van der Waals surface area contributed by atoms with Crippen molar-refractivity contribution < 1.29 is 4.79 Å². The van der Waals surface area contributed by atoms with Crippen molar-refractivity contribution in [2.45, 2.75) is 32.1 Å². The maximum atomic E-state index is 12.5. The number of likely N-dealkylation sites (tertiary alicyclic amines) is 1. The topological polar surface area (TPSA) is 53.7 Å². The fraction of sp³-hybridized carbons (Fsp3) is 0.588. The molecule has 1 aliphatic heterocycles. The number of carbonyl (C=O) groups is 1. The average molecular weight is 315 g/mol. The van der Waals surface area contributed by atoms with E-state index in [1.54, 1.807) is 21.7 Å². The number of hydrogen-bond acceptors (Lipinski definition) is 4. The van der Waals surface area contributed by atoms with E-state index >= 15 is 0 Å². The van der Waals surface area contributed by atoms with E-state index in [9.17, 15) is 4.79 Å². The third-order valence-electron chi connectivity index (χ3n) is 4.56. The number of rotatable bonds is 5. The first-order chi connectivity index (χ1) is 11.2. The summed E-state index contributed by atoms with van der Waals surface area (Å²) in [5.41, 5.74) is 1.37. The molecule has 0 aromatic carbocycles. The SMILES string of the molecule is CN(CCCN1CCCCCC1)C(=O)c1ccn2cnnc2c1. The number of fused-ring (bicyclic) bond motifs is 1. The van der Waals surface area contributed by atoms with Gasteiger partial charge in [-0.1, -0.05) is 12.8 Å². The molecule has 0 aliphatic carbocycles. The van der Waals surface area contributed by atoms with Crippen molar-refractivity contribution in [3.63, 3.8) is 0 Å². The fourth-order valence-corrected chi connectivity index (χ4v) is 3.16. The van der Waals surface area contributed by atoms with Crippen molar-refractivity contribution in [3.05, 3.63) is 30.2 Å². The van der Waals surface area contributed by atoms with Crippen LogP contribution in [0.4, 0.5) is 0 Å². The molecule has 1 fully saturated rings. The number of hydrogen-bond donors (Lipinski definition) is 0. The molecule has 0 saturated carbocycles. The molecular formula is C17H25N5O. The highest BCUT2D eigenvalue weighted by Crippen LogP contribution is 2.11. The van der Waals surface area contributed by atoms with Gasteiger partial charge in [0, 0.05) is 25.4 Å². The Balaban J connectivity index is 1.50. The maximum absolute atomic E-state index is 12.5. The van der Waals surface area contributed by atoms with Gasteiger partial charge in [-0.05, 0) is 51.0 Å². The van der Waals surface area contributed by atoms with Crippen molar-refractivity contribution in [3.8, 4) is 0 Å². The second-order valence-corrected chi connectivity index (χ2v) is 6.35. The Labute approximate surface area is 137 Å². The quantitative estimate of drug-likeness (QED) is 0.847. The van der Waals surface area contributed by atoms with Gasteiger partial charge in [0.05, 0.1) is 0 Å². The van der Waals surface area contributed by atoms with E-state index in [0.29, 0.717) is 11.2 Å². The van der Waals surface area contributed by atoms with Gasteiger partial charge >= 0.3 is 0 Å². The Morgan fingerprint density at radius 2 is 2.04 bits per heavy atom. The minimum atomic E-state index is 0.0476. The van der Waals surface area contributed by atoms with Crippen LogP contribution >= 0.6 is 0 Å². The van der Waals surface area contributed by atoms with Gasteiger partial charge in [0.15, 0.2) is 5.65 Å². The lowest BCUT2D eigenvalue weighted by Crippen LogP contribution is -2.32. The monoisotopic (exact) mass is 315 g/mol. The molecule has 124 valence electrons. The zero-order valence-corrected chi connectivity index (χ0v) is 13.8. The van der Waals surface area contributed by atoms with Crippen LogP contribution in [-0.2, 0) is 0 Å². The molecule has 0 radical (unpaired) electrons. The minimum absolute atomic E-state index is 0.0476. The predicted octanol–water partition coefficient (Wildman–Crippen LogP) is 2.07. The molecule has 3 heterocycles. The summed E-state index contributed by atoms with van der Waals surface area (Å²) in [5, 5.41) is 7.83. The van der Waals surface area contributed by atoms with E-state index in [2.05, 4.69) is 15.1 Å².